The second kappa shape index (κ2) is 8.54. The summed E-state index contributed by atoms with van der Waals surface area (Å²) in [6, 6.07) is 11.3. The number of pyridine rings is 1. The van der Waals surface area contributed by atoms with Crippen molar-refractivity contribution < 1.29 is 14.3 Å². The molecule has 0 unspecified atom stereocenters. The van der Waals surface area contributed by atoms with E-state index in [2.05, 4.69) is 0 Å². The average molecular weight is 381 g/mol. The summed E-state index contributed by atoms with van der Waals surface area (Å²) < 4.78 is 7.41. The Morgan fingerprint density at radius 3 is 2.36 bits per heavy atom. The smallest absolute Gasteiger partial charge is 0.341 e. The first-order valence-electron chi connectivity index (χ1n) is 9.41. The highest BCUT2D eigenvalue weighted by Crippen LogP contribution is 2.28. The predicted molar refractivity (Wildman–Crippen MR) is 111 cm³/mol. The summed E-state index contributed by atoms with van der Waals surface area (Å²) in [4.78, 5) is 29.3. The Kier molecular flexibility index (Phi) is 6.11. The van der Waals surface area contributed by atoms with Gasteiger partial charge in [-0.3, -0.25) is 4.79 Å². The Balaban J connectivity index is 2.00. The lowest BCUT2D eigenvalue weighted by Gasteiger charge is -2.10. The first-order valence-corrected chi connectivity index (χ1v) is 9.41. The lowest BCUT2D eigenvalue weighted by molar-refractivity contribution is 0.0486. The van der Waals surface area contributed by atoms with Gasteiger partial charge in [-0.2, -0.15) is 0 Å². The minimum atomic E-state index is -0.341. The van der Waals surface area contributed by atoms with E-state index in [1.165, 1.54) is 0 Å². The SMILES string of the molecule is CN(C)CCOC(=O)c1c2ccccc2n2cc(C(=O)CCN(C)C)ccc12. The van der Waals surface area contributed by atoms with Crippen LogP contribution in [0.3, 0.4) is 0 Å². The molecule has 2 aromatic heterocycles. The standard InChI is InChI=1S/C22H27N3O3/c1-23(2)12-11-20(26)16-9-10-19-21(22(27)28-14-13-24(3)4)17-7-5-6-8-18(17)25(19)15-16/h5-10,15H,11-14H2,1-4H3. The van der Waals surface area contributed by atoms with Crippen molar-refractivity contribution >= 4 is 28.2 Å². The molecule has 148 valence electrons. The number of para-hydroxylation sites is 1. The van der Waals surface area contributed by atoms with Gasteiger partial charge in [0.15, 0.2) is 5.78 Å². The van der Waals surface area contributed by atoms with Crippen LogP contribution in [0.4, 0.5) is 0 Å². The first kappa shape index (κ1) is 20.0. The van der Waals surface area contributed by atoms with Crippen LogP contribution >= 0.6 is 0 Å². The molecule has 0 bridgehead atoms. The van der Waals surface area contributed by atoms with Crippen LogP contribution in [-0.4, -0.2) is 73.8 Å². The van der Waals surface area contributed by atoms with Crippen molar-refractivity contribution in [2.24, 2.45) is 0 Å². The second-order valence-electron chi connectivity index (χ2n) is 7.48. The maximum Gasteiger partial charge on any atom is 0.341 e. The zero-order valence-electron chi connectivity index (χ0n) is 16.9. The maximum absolute atomic E-state index is 12.8. The number of fused-ring (bicyclic) bond motifs is 3. The lowest BCUT2D eigenvalue weighted by atomic mass is 10.1. The van der Waals surface area contributed by atoms with E-state index in [1.807, 2.05) is 78.9 Å². The van der Waals surface area contributed by atoms with Crippen LogP contribution in [0.2, 0.25) is 0 Å². The zero-order valence-corrected chi connectivity index (χ0v) is 16.9. The quantitative estimate of drug-likeness (QED) is 0.444. The summed E-state index contributed by atoms with van der Waals surface area (Å²) in [5.41, 5.74) is 2.82. The van der Waals surface area contributed by atoms with Gasteiger partial charge >= 0.3 is 5.97 Å². The van der Waals surface area contributed by atoms with Crippen molar-refractivity contribution in [1.82, 2.24) is 14.2 Å². The molecule has 0 aliphatic heterocycles. The minimum Gasteiger partial charge on any atom is -0.461 e. The number of aromatic nitrogens is 1. The van der Waals surface area contributed by atoms with Crippen molar-refractivity contribution in [2.75, 3.05) is 47.9 Å². The largest absolute Gasteiger partial charge is 0.461 e. The molecule has 0 spiro atoms. The van der Waals surface area contributed by atoms with Gasteiger partial charge < -0.3 is 18.9 Å². The molecule has 0 atom stereocenters. The topological polar surface area (TPSA) is 54.3 Å². The number of carbonyl (C=O) groups excluding carboxylic acids is 2. The van der Waals surface area contributed by atoms with Gasteiger partial charge in [0, 0.05) is 36.7 Å². The molecule has 3 rings (SSSR count). The van der Waals surface area contributed by atoms with E-state index in [0.717, 1.165) is 16.4 Å². The van der Waals surface area contributed by atoms with Crippen LogP contribution in [0.15, 0.2) is 42.6 Å². The Hall–Kier alpha value is -2.70. The lowest BCUT2D eigenvalue weighted by Crippen LogP contribution is -2.20. The maximum atomic E-state index is 12.8. The van der Waals surface area contributed by atoms with E-state index < -0.39 is 0 Å². The van der Waals surface area contributed by atoms with E-state index >= 15 is 0 Å². The highest BCUT2D eigenvalue weighted by molar-refractivity contribution is 6.12. The van der Waals surface area contributed by atoms with Crippen LogP contribution < -0.4 is 0 Å². The second-order valence-corrected chi connectivity index (χ2v) is 7.48. The monoisotopic (exact) mass is 381 g/mol. The van der Waals surface area contributed by atoms with Crippen molar-refractivity contribution in [3.05, 3.63) is 53.7 Å². The fraction of sp³-hybridized carbons (Fsp3) is 0.364. The summed E-state index contributed by atoms with van der Waals surface area (Å²) in [6.07, 6.45) is 2.28. The van der Waals surface area contributed by atoms with Crippen LogP contribution in [0.1, 0.15) is 27.1 Å². The number of hydrogen-bond donors (Lipinski definition) is 0. The summed E-state index contributed by atoms with van der Waals surface area (Å²) >= 11 is 0. The Morgan fingerprint density at radius 1 is 0.929 bits per heavy atom. The third kappa shape index (κ3) is 4.24. The molecular weight excluding hydrogens is 354 g/mol. The molecule has 0 saturated heterocycles. The van der Waals surface area contributed by atoms with E-state index in [0.29, 0.717) is 37.2 Å². The van der Waals surface area contributed by atoms with Crippen LogP contribution in [-0.2, 0) is 4.74 Å². The number of likely N-dealkylation sites (N-methyl/N-ethyl adjacent to an activating group) is 1. The number of rotatable bonds is 8. The molecule has 6 nitrogen and oxygen atoms in total. The highest BCUT2D eigenvalue weighted by Gasteiger charge is 2.20. The van der Waals surface area contributed by atoms with Gasteiger partial charge in [-0.25, -0.2) is 4.79 Å². The Morgan fingerprint density at radius 2 is 1.64 bits per heavy atom. The van der Waals surface area contributed by atoms with Crippen molar-refractivity contribution in [1.29, 1.82) is 0 Å². The number of carbonyl (C=O) groups is 2. The molecule has 0 aliphatic rings. The highest BCUT2D eigenvalue weighted by atomic mass is 16.5. The number of ketones is 1. The summed E-state index contributed by atoms with van der Waals surface area (Å²) in [5.74, 6) is -0.254. The summed E-state index contributed by atoms with van der Waals surface area (Å²) in [7, 11) is 7.77. The number of esters is 1. The molecule has 0 saturated carbocycles. The molecule has 0 amide bonds. The molecule has 2 heterocycles. The van der Waals surface area contributed by atoms with Crippen LogP contribution in [0, 0.1) is 0 Å². The minimum absolute atomic E-state index is 0.0866. The van der Waals surface area contributed by atoms with Gasteiger partial charge in [-0.05, 0) is 46.4 Å². The third-order valence-corrected chi connectivity index (χ3v) is 4.72. The number of nitrogens with zero attached hydrogens (tertiary/aromatic N) is 3. The molecule has 3 aromatic rings. The van der Waals surface area contributed by atoms with Gasteiger partial charge in [0.05, 0.1) is 16.6 Å². The van der Waals surface area contributed by atoms with Gasteiger partial charge in [0.2, 0.25) is 0 Å². The van der Waals surface area contributed by atoms with Gasteiger partial charge in [-0.15, -0.1) is 0 Å². The van der Waals surface area contributed by atoms with Gasteiger partial charge in [-0.1, -0.05) is 18.2 Å². The Labute approximate surface area is 165 Å². The molecule has 6 heteroatoms. The summed E-state index contributed by atoms with van der Waals surface area (Å²) in [6.45, 7) is 1.70. The first-order chi connectivity index (χ1) is 13.4. The predicted octanol–water partition coefficient (Wildman–Crippen LogP) is 2.95. The van der Waals surface area contributed by atoms with Crippen LogP contribution in [0.5, 0.6) is 0 Å². The number of benzene rings is 1. The summed E-state index contributed by atoms with van der Waals surface area (Å²) in [5, 5.41) is 0.829. The van der Waals surface area contributed by atoms with E-state index in [-0.39, 0.29) is 11.8 Å². The van der Waals surface area contributed by atoms with Crippen molar-refractivity contribution in [2.45, 2.75) is 6.42 Å². The molecule has 1 aromatic carbocycles. The van der Waals surface area contributed by atoms with E-state index in [4.69, 9.17) is 4.74 Å². The number of ether oxygens (including phenoxy) is 1. The molecule has 0 fully saturated rings. The normalized spacial score (nSPS) is 11.6. The van der Waals surface area contributed by atoms with Gasteiger partial charge in [0.1, 0.15) is 6.61 Å². The van der Waals surface area contributed by atoms with Crippen molar-refractivity contribution in [3.8, 4) is 0 Å². The van der Waals surface area contributed by atoms with Crippen molar-refractivity contribution in [3.63, 3.8) is 0 Å². The van der Waals surface area contributed by atoms with Gasteiger partial charge in [0.25, 0.3) is 0 Å². The van der Waals surface area contributed by atoms with E-state index in [9.17, 15) is 9.59 Å². The fourth-order valence-electron chi connectivity index (χ4n) is 3.18. The molecular formula is C22H27N3O3. The molecule has 0 radical (unpaired) electrons. The fourth-order valence-corrected chi connectivity index (χ4v) is 3.18. The zero-order chi connectivity index (χ0) is 20.3. The molecule has 0 N–H and O–H groups in total. The molecule has 0 aliphatic carbocycles. The number of hydrogen-bond acceptors (Lipinski definition) is 5. The number of Topliss-reactive ketones (excluding diaryl/α,β-unsaturated/α-hetero) is 1. The van der Waals surface area contributed by atoms with Crippen LogP contribution in [0.25, 0.3) is 16.4 Å². The molecule has 28 heavy (non-hydrogen) atoms. The Bertz CT molecular complexity index is 1000. The average Bonchev–Trinajstić information content (AvgIpc) is 2.99. The van der Waals surface area contributed by atoms with E-state index in [1.54, 1.807) is 6.07 Å². The third-order valence-electron chi connectivity index (χ3n) is 4.72.